The van der Waals surface area contributed by atoms with Crippen molar-refractivity contribution in [3.8, 4) is 0 Å². The maximum atomic E-state index is 12.1. The summed E-state index contributed by atoms with van der Waals surface area (Å²) in [6.07, 6.45) is 3.54. The number of methoxy groups -OCH3 is 1. The zero-order valence-electron chi connectivity index (χ0n) is 10.8. The Morgan fingerprint density at radius 2 is 2.18 bits per heavy atom. The normalized spacial score (nSPS) is 22.8. The molecule has 0 aromatic carbocycles. The smallest absolute Gasteiger partial charge is 0.214 e. The van der Waals surface area contributed by atoms with Gasteiger partial charge in [0.1, 0.15) is 0 Å². The van der Waals surface area contributed by atoms with E-state index in [1.807, 2.05) is 7.05 Å². The summed E-state index contributed by atoms with van der Waals surface area (Å²) in [5, 5.41) is 3.02. The molecule has 0 bridgehead atoms. The van der Waals surface area contributed by atoms with E-state index in [0.717, 1.165) is 32.2 Å². The van der Waals surface area contributed by atoms with Crippen molar-refractivity contribution in [1.82, 2.24) is 9.62 Å². The number of hydrogen-bond donors (Lipinski definition) is 1. The van der Waals surface area contributed by atoms with Gasteiger partial charge in [0.05, 0.1) is 11.9 Å². The third kappa shape index (κ3) is 4.91. The number of nitrogens with zero attached hydrogens (tertiary/aromatic N) is 1. The Balaban J connectivity index is 2.40. The van der Waals surface area contributed by atoms with Gasteiger partial charge in [0.25, 0.3) is 0 Å². The van der Waals surface area contributed by atoms with Crippen LogP contribution in [0.3, 0.4) is 0 Å². The lowest BCUT2D eigenvalue weighted by atomic mass is 10.1. The van der Waals surface area contributed by atoms with Crippen LogP contribution in [0, 0.1) is 0 Å². The van der Waals surface area contributed by atoms with Gasteiger partial charge in [-0.1, -0.05) is 0 Å². The predicted octanol–water partition coefficient (Wildman–Crippen LogP) is 0.427. The van der Waals surface area contributed by atoms with Crippen molar-refractivity contribution in [3.63, 3.8) is 0 Å². The molecule has 0 radical (unpaired) electrons. The fourth-order valence-corrected chi connectivity index (χ4v) is 3.69. The summed E-state index contributed by atoms with van der Waals surface area (Å²) in [4.78, 5) is 0. The molecule has 0 aliphatic carbocycles. The highest BCUT2D eigenvalue weighted by Crippen LogP contribution is 2.16. The number of rotatable bonds is 7. The van der Waals surface area contributed by atoms with Gasteiger partial charge >= 0.3 is 0 Å². The van der Waals surface area contributed by atoms with Crippen LogP contribution in [0.2, 0.25) is 0 Å². The minimum atomic E-state index is -3.08. The van der Waals surface area contributed by atoms with Crippen LogP contribution in [-0.2, 0) is 14.8 Å². The lowest BCUT2D eigenvalue weighted by molar-refractivity contribution is 0.0572. The van der Waals surface area contributed by atoms with Gasteiger partial charge in [-0.15, -0.1) is 0 Å². The van der Waals surface area contributed by atoms with Gasteiger partial charge in [0, 0.05) is 20.2 Å². The topological polar surface area (TPSA) is 58.6 Å². The zero-order chi connectivity index (χ0) is 12.7. The lowest BCUT2D eigenvalue weighted by Gasteiger charge is -2.31. The Morgan fingerprint density at radius 3 is 2.82 bits per heavy atom. The summed E-state index contributed by atoms with van der Waals surface area (Å²) in [7, 11) is 0.443. The van der Waals surface area contributed by atoms with Gasteiger partial charge in [-0.25, -0.2) is 8.42 Å². The second-order valence-corrected chi connectivity index (χ2v) is 6.57. The second kappa shape index (κ2) is 7.31. The molecule has 17 heavy (non-hydrogen) atoms. The van der Waals surface area contributed by atoms with Crippen molar-refractivity contribution in [2.45, 2.75) is 31.8 Å². The molecular formula is C11H24N2O3S. The molecule has 1 aliphatic rings. The quantitative estimate of drug-likeness (QED) is 0.677. The van der Waals surface area contributed by atoms with Crippen LogP contribution in [0.5, 0.6) is 0 Å². The molecule has 1 heterocycles. The standard InChI is InChI=1S/C11H24N2O3S/c1-12-7-3-4-9-17(14,15)13-8-5-6-11(10-13)16-2/h11-12H,3-10H2,1-2H3. The number of nitrogens with one attached hydrogen (secondary N) is 1. The Kier molecular flexibility index (Phi) is 6.40. The van der Waals surface area contributed by atoms with Crippen molar-refractivity contribution >= 4 is 10.0 Å². The highest BCUT2D eigenvalue weighted by atomic mass is 32.2. The van der Waals surface area contributed by atoms with Gasteiger partial charge in [-0.05, 0) is 39.3 Å². The monoisotopic (exact) mass is 264 g/mol. The molecule has 1 aliphatic heterocycles. The highest BCUT2D eigenvalue weighted by Gasteiger charge is 2.28. The summed E-state index contributed by atoms with van der Waals surface area (Å²) < 4.78 is 31.0. The second-order valence-electron chi connectivity index (χ2n) is 4.48. The van der Waals surface area contributed by atoms with Crippen molar-refractivity contribution < 1.29 is 13.2 Å². The number of unbranched alkanes of at least 4 members (excludes halogenated alkanes) is 1. The van der Waals surface area contributed by atoms with E-state index >= 15 is 0 Å². The molecule has 1 N–H and O–H groups in total. The van der Waals surface area contributed by atoms with Crippen molar-refractivity contribution in [3.05, 3.63) is 0 Å². The van der Waals surface area contributed by atoms with Gasteiger partial charge in [0.15, 0.2) is 0 Å². The Hall–Kier alpha value is -0.170. The Labute approximate surface area is 105 Å². The minimum Gasteiger partial charge on any atom is -0.380 e. The number of piperidine rings is 1. The lowest BCUT2D eigenvalue weighted by Crippen LogP contribution is -2.43. The first-order valence-corrected chi connectivity index (χ1v) is 7.86. The average Bonchev–Trinajstić information content (AvgIpc) is 2.35. The third-order valence-electron chi connectivity index (χ3n) is 3.15. The summed E-state index contributed by atoms with van der Waals surface area (Å²) in [5.41, 5.74) is 0. The summed E-state index contributed by atoms with van der Waals surface area (Å²) in [6, 6.07) is 0. The SMILES string of the molecule is CNCCCCS(=O)(=O)N1CCCC(OC)C1. The van der Waals surface area contributed by atoms with E-state index in [1.165, 1.54) is 0 Å². The molecule has 1 fully saturated rings. The molecular weight excluding hydrogens is 240 g/mol. The summed E-state index contributed by atoms with van der Waals surface area (Å²) in [6.45, 7) is 2.04. The number of ether oxygens (including phenoxy) is 1. The first-order chi connectivity index (χ1) is 8.10. The summed E-state index contributed by atoms with van der Waals surface area (Å²) in [5.74, 6) is 0.255. The molecule has 0 saturated carbocycles. The minimum absolute atomic E-state index is 0.0656. The first kappa shape index (κ1) is 14.9. The molecule has 0 aromatic rings. The maximum Gasteiger partial charge on any atom is 0.214 e. The zero-order valence-corrected chi connectivity index (χ0v) is 11.6. The first-order valence-electron chi connectivity index (χ1n) is 6.25. The van der Waals surface area contributed by atoms with Crippen molar-refractivity contribution in [2.24, 2.45) is 0 Å². The van der Waals surface area contributed by atoms with Crippen LogP contribution in [-0.4, -0.2) is 58.4 Å². The van der Waals surface area contributed by atoms with Crippen LogP contribution < -0.4 is 5.32 Å². The maximum absolute atomic E-state index is 12.1. The molecule has 1 atom stereocenters. The van der Waals surface area contributed by atoms with Gasteiger partial charge in [0.2, 0.25) is 10.0 Å². The Morgan fingerprint density at radius 1 is 1.41 bits per heavy atom. The molecule has 1 rings (SSSR count). The van der Waals surface area contributed by atoms with Crippen LogP contribution in [0.25, 0.3) is 0 Å². The number of sulfonamides is 1. The fraction of sp³-hybridized carbons (Fsp3) is 1.00. The molecule has 0 aromatic heterocycles. The molecule has 5 nitrogen and oxygen atoms in total. The molecule has 1 unspecified atom stereocenters. The van der Waals surface area contributed by atoms with E-state index in [0.29, 0.717) is 13.1 Å². The average molecular weight is 264 g/mol. The largest absolute Gasteiger partial charge is 0.380 e. The van der Waals surface area contributed by atoms with Crippen molar-refractivity contribution in [1.29, 1.82) is 0 Å². The predicted molar refractivity (Wildman–Crippen MR) is 68.6 cm³/mol. The number of hydrogen-bond acceptors (Lipinski definition) is 4. The van der Waals surface area contributed by atoms with Crippen molar-refractivity contribution in [2.75, 3.05) is 39.5 Å². The van der Waals surface area contributed by atoms with Crippen LogP contribution in [0.15, 0.2) is 0 Å². The molecule has 102 valence electrons. The van der Waals surface area contributed by atoms with E-state index in [-0.39, 0.29) is 11.9 Å². The van der Waals surface area contributed by atoms with Crippen LogP contribution >= 0.6 is 0 Å². The molecule has 6 heteroatoms. The van der Waals surface area contributed by atoms with E-state index < -0.39 is 10.0 Å². The van der Waals surface area contributed by atoms with Gasteiger partial charge in [-0.3, -0.25) is 0 Å². The molecule has 0 amide bonds. The fourth-order valence-electron chi connectivity index (χ4n) is 2.07. The van der Waals surface area contributed by atoms with Crippen LogP contribution in [0.4, 0.5) is 0 Å². The van der Waals surface area contributed by atoms with Gasteiger partial charge < -0.3 is 10.1 Å². The van der Waals surface area contributed by atoms with E-state index in [9.17, 15) is 8.42 Å². The van der Waals surface area contributed by atoms with E-state index in [1.54, 1.807) is 11.4 Å². The van der Waals surface area contributed by atoms with Gasteiger partial charge in [-0.2, -0.15) is 4.31 Å². The van der Waals surface area contributed by atoms with E-state index in [2.05, 4.69) is 5.32 Å². The summed E-state index contributed by atoms with van der Waals surface area (Å²) >= 11 is 0. The van der Waals surface area contributed by atoms with E-state index in [4.69, 9.17) is 4.74 Å². The molecule has 1 saturated heterocycles. The third-order valence-corrected chi connectivity index (χ3v) is 5.07. The highest BCUT2D eigenvalue weighted by molar-refractivity contribution is 7.89. The molecule has 0 spiro atoms. The van der Waals surface area contributed by atoms with Crippen LogP contribution in [0.1, 0.15) is 25.7 Å². The Bertz CT molecular complexity index is 306.